The summed E-state index contributed by atoms with van der Waals surface area (Å²) in [6.45, 7) is 4.38. The number of hydrogen-bond donors (Lipinski definition) is 1. The van der Waals surface area contributed by atoms with Crippen molar-refractivity contribution in [3.63, 3.8) is 0 Å². The van der Waals surface area contributed by atoms with E-state index in [9.17, 15) is 4.79 Å². The van der Waals surface area contributed by atoms with Crippen LogP contribution in [0.5, 0.6) is 5.88 Å². The molecule has 0 saturated carbocycles. The molecule has 6 heteroatoms. The fourth-order valence-electron chi connectivity index (χ4n) is 2.23. The molecule has 1 heterocycles. The minimum Gasteiger partial charge on any atom is -0.472 e. The molecule has 1 N–H and O–H groups in total. The Morgan fingerprint density at radius 1 is 1.32 bits per heavy atom. The van der Waals surface area contributed by atoms with Gasteiger partial charge in [0.1, 0.15) is 6.61 Å². The molecule has 0 aliphatic heterocycles. The quantitative estimate of drug-likeness (QED) is 0.629. The Morgan fingerprint density at radius 2 is 2.14 bits per heavy atom. The van der Waals surface area contributed by atoms with Gasteiger partial charge in [0.25, 0.3) is 0 Å². The maximum absolute atomic E-state index is 12.1. The molecule has 1 aromatic heterocycles. The zero-order valence-electron chi connectivity index (χ0n) is 12.8. The molecule has 0 spiro atoms. The van der Waals surface area contributed by atoms with Gasteiger partial charge in [0.2, 0.25) is 5.88 Å². The molecule has 0 aliphatic carbocycles. The largest absolute Gasteiger partial charge is 0.472 e. The first kappa shape index (κ1) is 15.9. The third-order valence-corrected chi connectivity index (χ3v) is 3.20. The van der Waals surface area contributed by atoms with E-state index >= 15 is 0 Å². The maximum Gasteiger partial charge on any atom is 0.338 e. The summed E-state index contributed by atoms with van der Waals surface area (Å²) < 4.78 is 10.7. The van der Waals surface area contributed by atoms with E-state index in [1.54, 1.807) is 19.1 Å². The van der Waals surface area contributed by atoms with E-state index in [2.05, 4.69) is 12.0 Å². The highest BCUT2D eigenvalue weighted by Gasteiger charge is 2.16. The van der Waals surface area contributed by atoms with Crippen molar-refractivity contribution in [1.29, 1.82) is 0 Å². The van der Waals surface area contributed by atoms with Crippen LogP contribution in [0.3, 0.4) is 0 Å². The molecule has 1 aromatic carbocycles. The van der Waals surface area contributed by atoms with Crippen LogP contribution in [0.4, 0.5) is 0 Å². The lowest BCUT2D eigenvalue weighted by Gasteiger charge is -2.14. The number of rotatable bonds is 7. The average Bonchev–Trinajstić information content (AvgIpc) is 2.92. The third-order valence-electron chi connectivity index (χ3n) is 3.20. The molecular formula is C16H20N2O4. The van der Waals surface area contributed by atoms with Crippen molar-refractivity contribution in [3.05, 3.63) is 47.2 Å². The van der Waals surface area contributed by atoms with Gasteiger partial charge in [-0.2, -0.15) is 0 Å². The van der Waals surface area contributed by atoms with E-state index in [0.29, 0.717) is 22.9 Å². The summed E-state index contributed by atoms with van der Waals surface area (Å²) in [6, 6.07) is 7.12. The zero-order chi connectivity index (χ0) is 15.9. The van der Waals surface area contributed by atoms with Gasteiger partial charge in [-0.1, -0.05) is 30.6 Å². The van der Waals surface area contributed by atoms with Gasteiger partial charge in [0.05, 0.1) is 18.4 Å². The summed E-state index contributed by atoms with van der Waals surface area (Å²) in [5, 5.41) is 12.9. The van der Waals surface area contributed by atoms with Gasteiger partial charge < -0.3 is 14.7 Å². The second kappa shape index (κ2) is 7.49. The van der Waals surface area contributed by atoms with Gasteiger partial charge in [-0.25, -0.2) is 4.79 Å². The molecule has 0 fully saturated rings. The summed E-state index contributed by atoms with van der Waals surface area (Å²) in [6.07, 6.45) is 3.18. The second-order valence-corrected chi connectivity index (χ2v) is 4.78. The molecule has 0 saturated heterocycles. The highest BCUT2D eigenvalue weighted by atomic mass is 16.5. The van der Waals surface area contributed by atoms with Crippen LogP contribution in [0.25, 0.3) is 0 Å². The number of esters is 1. The molecule has 118 valence electrons. The monoisotopic (exact) mass is 304 g/mol. The number of carbonyl (C=O) groups is 1. The van der Waals surface area contributed by atoms with E-state index < -0.39 is 0 Å². The molecule has 6 nitrogen and oxygen atoms in total. The smallest absolute Gasteiger partial charge is 0.338 e. The van der Waals surface area contributed by atoms with Crippen LogP contribution in [-0.4, -0.2) is 27.7 Å². The van der Waals surface area contributed by atoms with Gasteiger partial charge in [-0.15, -0.1) is 4.85 Å². The molecule has 22 heavy (non-hydrogen) atoms. The predicted molar refractivity (Wildman–Crippen MR) is 80.1 cm³/mol. The number of hydrogen-bond acceptors (Lipinski definition) is 5. The number of ether oxygens (including phenoxy) is 2. The summed E-state index contributed by atoms with van der Waals surface area (Å²) in [5.41, 5.74) is 2.36. The first-order valence-corrected chi connectivity index (χ1v) is 7.31. The fourth-order valence-corrected chi connectivity index (χ4v) is 2.23. The molecular weight excluding hydrogens is 284 g/mol. The van der Waals surface area contributed by atoms with E-state index in [-0.39, 0.29) is 12.6 Å². The lowest BCUT2D eigenvalue weighted by molar-refractivity contribution is 0.0523. The average molecular weight is 304 g/mol. The van der Waals surface area contributed by atoms with Gasteiger partial charge >= 0.3 is 5.97 Å². The Balaban J connectivity index is 2.26. The SMILES string of the molecule is CCCc1cccc(C(=O)OCC)c1COc1ccn(O)n1. The standard InChI is InChI=1S/C16H20N2O4/c1-3-6-12-7-5-8-13(16(19)21-4-2)14(12)11-22-15-9-10-18(20)17-15/h5,7-10,20H,3-4,6,11H2,1-2H3. The highest BCUT2D eigenvalue weighted by molar-refractivity contribution is 5.91. The predicted octanol–water partition coefficient (Wildman–Crippen LogP) is 2.83. The van der Waals surface area contributed by atoms with Gasteiger partial charge in [0.15, 0.2) is 0 Å². The lowest BCUT2D eigenvalue weighted by atomic mass is 9.98. The third kappa shape index (κ3) is 3.78. The van der Waals surface area contributed by atoms with E-state index in [1.807, 2.05) is 12.1 Å². The molecule has 0 amide bonds. The van der Waals surface area contributed by atoms with Crippen LogP contribution in [-0.2, 0) is 17.8 Å². The van der Waals surface area contributed by atoms with Crippen molar-refractivity contribution >= 4 is 5.97 Å². The molecule has 0 unspecified atom stereocenters. The Labute approximate surface area is 129 Å². The van der Waals surface area contributed by atoms with Crippen LogP contribution in [0.2, 0.25) is 0 Å². The normalized spacial score (nSPS) is 10.5. The Hall–Kier alpha value is -2.50. The van der Waals surface area contributed by atoms with Crippen molar-refractivity contribution in [2.75, 3.05) is 6.61 Å². The number of nitrogens with zero attached hydrogens (tertiary/aromatic N) is 2. The van der Waals surface area contributed by atoms with Crippen molar-refractivity contribution in [3.8, 4) is 5.88 Å². The summed E-state index contributed by atoms with van der Waals surface area (Å²) in [4.78, 5) is 12.8. The lowest BCUT2D eigenvalue weighted by Crippen LogP contribution is -2.12. The zero-order valence-corrected chi connectivity index (χ0v) is 12.8. The molecule has 2 aromatic rings. The van der Waals surface area contributed by atoms with Gasteiger partial charge in [-0.05, 0) is 25.0 Å². The number of benzene rings is 1. The highest BCUT2D eigenvalue weighted by Crippen LogP contribution is 2.20. The summed E-state index contributed by atoms with van der Waals surface area (Å²) in [5.74, 6) is -0.0599. The van der Waals surface area contributed by atoms with Crippen LogP contribution in [0.1, 0.15) is 41.8 Å². The number of aryl methyl sites for hydroxylation is 1. The minimum atomic E-state index is -0.355. The van der Waals surface area contributed by atoms with E-state index in [1.165, 1.54) is 6.20 Å². The van der Waals surface area contributed by atoms with E-state index in [0.717, 1.165) is 24.0 Å². The number of aromatic nitrogens is 2. The topological polar surface area (TPSA) is 73.6 Å². The molecule has 0 bridgehead atoms. The first-order chi connectivity index (χ1) is 10.7. The molecule has 0 radical (unpaired) electrons. The molecule has 0 aliphatic rings. The van der Waals surface area contributed by atoms with Crippen LogP contribution < -0.4 is 4.74 Å². The summed E-state index contributed by atoms with van der Waals surface area (Å²) in [7, 11) is 0. The number of carbonyl (C=O) groups excluding carboxylic acids is 1. The van der Waals surface area contributed by atoms with Gasteiger partial charge in [-0.3, -0.25) is 0 Å². The van der Waals surface area contributed by atoms with Crippen LogP contribution >= 0.6 is 0 Å². The Morgan fingerprint density at radius 3 is 2.77 bits per heavy atom. The molecule has 0 atom stereocenters. The fraction of sp³-hybridized carbons (Fsp3) is 0.375. The Kier molecular flexibility index (Phi) is 5.41. The summed E-state index contributed by atoms with van der Waals surface area (Å²) >= 11 is 0. The Bertz CT molecular complexity index is 637. The maximum atomic E-state index is 12.1. The van der Waals surface area contributed by atoms with E-state index in [4.69, 9.17) is 14.7 Å². The van der Waals surface area contributed by atoms with Crippen molar-refractivity contribution < 1.29 is 19.5 Å². The van der Waals surface area contributed by atoms with Crippen LogP contribution in [0, 0.1) is 0 Å². The van der Waals surface area contributed by atoms with Gasteiger partial charge in [0, 0.05) is 11.6 Å². The minimum absolute atomic E-state index is 0.196. The second-order valence-electron chi connectivity index (χ2n) is 4.78. The van der Waals surface area contributed by atoms with Crippen LogP contribution in [0.15, 0.2) is 30.5 Å². The van der Waals surface area contributed by atoms with Crippen molar-refractivity contribution in [1.82, 2.24) is 9.94 Å². The van der Waals surface area contributed by atoms with Crippen molar-refractivity contribution in [2.45, 2.75) is 33.3 Å². The van der Waals surface area contributed by atoms with Crippen molar-refractivity contribution in [2.24, 2.45) is 0 Å². The first-order valence-electron chi connectivity index (χ1n) is 7.31. The molecule has 2 rings (SSSR count).